The van der Waals surface area contributed by atoms with E-state index in [9.17, 15) is 8.42 Å². The molecule has 2 rings (SSSR count). The first kappa shape index (κ1) is 14.5. The monoisotopic (exact) mass is 312 g/mol. The number of nitrogens with two attached hydrogens (primary N) is 1. The molecule has 0 unspecified atom stereocenters. The standard InChI is InChI=1S/C13H13ClN2O3S/c1-19-13-7-6-11(8-12(13)14)20(17,18)16-10-4-2-9(15)3-5-10/h2-8,16H,15H2,1H3. The molecule has 3 N–H and O–H groups in total. The summed E-state index contributed by atoms with van der Waals surface area (Å²) in [5.74, 6) is 0.415. The van der Waals surface area contributed by atoms with Crippen LogP contribution >= 0.6 is 11.6 Å². The molecule has 0 bridgehead atoms. The Morgan fingerprint density at radius 1 is 1.15 bits per heavy atom. The van der Waals surface area contributed by atoms with E-state index >= 15 is 0 Å². The van der Waals surface area contributed by atoms with Crippen LogP contribution in [0.25, 0.3) is 0 Å². The van der Waals surface area contributed by atoms with Crippen molar-refractivity contribution in [2.75, 3.05) is 17.6 Å². The van der Waals surface area contributed by atoms with Gasteiger partial charge in [-0.1, -0.05) is 11.6 Å². The average Bonchev–Trinajstić information content (AvgIpc) is 2.41. The van der Waals surface area contributed by atoms with Crippen LogP contribution in [0.2, 0.25) is 5.02 Å². The van der Waals surface area contributed by atoms with Gasteiger partial charge in [0.05, 0.1) is 17.0 Å². The predicted octanol–water partition coefficient (Wildman–Crippen LogP) is 2.73. The van der Waals surface area contributed by atoms with E-state index in [-0.39, 0.29) is 9.92 Å². The fraction of sp³-hybridized carbons (Fsp3) is 0.0769. The summed E-state index contributed by atoms with van der Waals surface area (Å²) in [7, 11) is -2.24. The number of methoxy groups -OCH3 is 1. The Morgan fingerprint density at radius 3 is 2.35 bits per heavy atom. The first-order valence-electron chi connectivity index (χ1n) is 5.64. The third kappa shape index (κ3) is 3.15. The summed E-state index contributed by atoms with van der Waals surface area (Å²) in [6.07, 6.45) is 0. The van der Waals surface area contributed by atoms with Gasteiger partial charge in [-0.3, -0.25) is 4.72 Å². The summed E-state index contributed by atoms with van der Waals surface area (Å²) in [6, 6.07) is 10.6. The van der Waals surface area contributed by atoms with Gasteiger partial charge in [0.15, 0.2) is 0 Å². The third-order valence-electron chi connectivity index (χ3n) is 2.60. The van der Waals surface area contributed by atoms with Crippen LogP contribution in [0.3, 0.4) is 0 Å². The number of nitrogen functional groups attached to an aromatic ring is 1. The van der Waals surface area contributed by atoms with Crippen LogP contribution in [0.1, 0.15) is 0 Å². The topological polar surface area (TPSA) is 81.4 Å². The van der Waals surface area contributed by atoms with Gasteiger partial charge >= 0.3 is 0 Å². The van der Waals surface area contributed by atoms with E-state index in [4.69, 9.17) is 22.1 Å². The Kier molecular flexibility index (Phi) is 4.06. The van der Waals surface area contributed by atoms with Gasteiger partial charge in [0.1, 0.15) is 5.75 Å². The molecule has 2 aromatic carbocycles. The van der Waals surface area contributed by atoms with Crippen molar-refractivity contribution in [1.29, 1.82) is 0 Å². The Morgan fingerprint density at radius 2 is 1.80 bits per heavy atom. The van der Waals surface area contributed by atoms with Crippen LogP contribution < -0.4 is 15.2 Å². The summed E-state index contributed by atoms with van der Waals surface area (Å²) >= 11 is 5.93. The second-order valence-electron chi connectivity index (χ2n) is 4.02. The fourth-order valence-corrected chi connectivity index (χ4v) is 2.99. The number of rotatable bonds is 4. The SMILES string of the molecule is COc1ccc(S(=O)(=O)Nc2ccc(N)cc2)cc1Cl. The lowest BCUT2D eigenvalue weighted by molar-refractivity contribution is 0.414. The first-order valence-corrected chi connectivity index (χ1v) is 7.50. The van der Waals surface area contributed by atoms with Crippen molar-refractivity contribution in [1.82, 2.24) is 0 Å². The molecule has 0 saturated carbocycles. The average molecular weight is 313 g/mol. The van der Waals surface area contributed by atoms with Gasteiger partial charge in [0.2, 0.25) is 0 Å². The number of hydrogen-bond donors (Lipinski definition) is 2. The molecule has 7 heteroatoms. The number of anilines is 2. The van der Waals surface area contributed by atoms with Crippen LogP contribution in [-0.4, -0.2) is 15.5 Å². The molecule has 2 aromatic rings. The van der Waals surface area contributed by atoms with Crippen molar-refractivity contribution in [3.63, 3.8) is 0 Å². The smallest absolute Gasteiger partial charge is 0.261 e. The van der Waals surface area contributed by atoms with E-state index in [0.717, 1.165) is 0 Å². The number of halogens is 1. The van der Waals surface area contributed by atoms with Crippen molar-refractivity contribution in [2.24, 2.45) is 0 Å². The number of sulfonamides is 1. The molecule has 0 aliphatic carbocycles. The third-order valence-corrected chi connectivity index (χ3v) is 4.27. The molecule has 0 spiro atoms. The lowest BCUT2D eigenvalue weighted by atomic mass is 10.3. The van der Waals surface area contributed by atoms with Crippen LogP contribution in [0.15, 0.2) is 47.4 Å². The molecular formula is C13H13ClN2O3S. The Hall–Kier alpha value is -1.92. The summed E-state index contributed by atoms with van der Waals surface area (Å²) in [5, 5.41) is 0.229. The van der Waals surface area contributed by atoms with Crippen molar-refractivity contribution in [3.8, 4) is 5.75 Å². The highest BCUT2D eigenvalue weighted by Crippen LogP contribution is 2.27. The Labute approximate surface area is 122 Å². The predicted molar refractivity (Wildman–Crippen MR) is 79.7 cm³/mol. The zero-order valence-electron chi connectivity index (χ0n) is 10.6. The Bertz CT molecular complexity index is 715. The van der Waals surface area contributed by atoms with Crippen molar-refractivity contribution < 1.29 is 13.2 Å². The Balaban J connectivity index is 2.30. The molecule has 0 atom stereocenters. The highest BCUT2D eigenvalue weighted by atomic mass is 35.5. The molecular weight excluding hydrogens is 300 g/mol. The van der Waals surface area contributed by atoms with Crippen molar-refractivity contribution >= 4 is 33.0 Å². The van der Waals surface area contributed by atoms with Crippen LogP contribution in [0.5, 0.6) is 5.75 Å². The van der Waals surface area contributed by atoms with Gasteiger partial charge in [0, 0.05) is 11.4 Å². The van der Waals surface area contributed by atoms with E-state index in [1.807, 2.05) is 0 Å². The number of nitrogens with one attached hydrogen (secondary N) is 1. The van der Waals surface area contributed by atoms with Crippen LogP contribution in [0, 0.1) is 0 Å². The summed E-state index contributed by atoms with van der Waals surface area (Å²) < 4.78 is 31.8. The van der Waals surface area contributed by atoms with Gasteiger partial charge < -0.3 is 10.5 Å². The summed E-state index contributed by atoms with van der Waals surface area (Å²) in [6.45, 7) is 0. The highest BCUT2D eigenvalue weighted by molar-refractivity contribution is 7.92. The van der Waals surface area contributed by atoms with E-state index < -0.39 is 10.0 Å². The van der Waals surface area contributed by atoms with Crippen molar-refractivity contribution in [3.05, 3.63) is 47.5 Å². The van der Waals surface area contributed by atoms with Crippen molar-refractivity contribution in [2.45, 2.75) is 4.90 Å². The molecule has 0 fully saturated rings. The maximum Gasteiger partial charge on any atom is 0.261 e. The normalized spacial score (nSPS) is 11.1. The van der Waals surface area contributed by atoms with E-state index in [0.29, 0.717) is 17.1 Å². The second kappa shape index (κ2) is 5.60. The largest absolute Gasteiger partial charge is 0.495 e. The van der Waals surface area contributed by atoms with Gasteiger partial charge in [-0.2, -0.15) is 0 Å². The second-order valence-corrected chi connectivity index (χ2v) is 6.11. The maximum absolute atomic E-state index is 12.2. The fourth-order valence-electron chi connectivity index (χ4n) is 1.58. The quantitative estimate of drug-likeness (QED) is 0.851. The van der Waals surface area contributed by atoms with Gasteiger partial charge in [-0.05, 0) is 42.5 Å². The number of hydrogen-bond acceptors (Lipinski definition) is 4. The lowest BCUT2D eigenvalue weighted by Crippen LogP contribution is -2.13. The molecule has 0 aliphatic heterocycles. The zero-order chi connectivity index (χ0) is 14.8. The number of ether oxygens (including phenoxy) is 1. The molecule has 0 heterocycles. The minimum absolute atomic E-state index is 0.0557. The lowest BCUT2D eigenvalue weighted by Gasteiger charge is -2.10. The molecule has 20 heavy (non-hydrogen) atoms. The maximum atomic E-state index is 12.2. The van der Waals surface area contributed by atoms with Gasteiger partial charge in [0.25, 0.3) is 10.0 Å². The molecule has 5 nitrogen and oxygen atoms in total. The number of benzene rings is 2. The van der Waals surface area contributed by atoms with Crippen LogP contribution in [-0.2, 0) is 10.0 Å². The minimum atomic E-state index is -3.70. The molecule has 0 saturated heterocycles. The summed E-state index contributed by atoms with van der Waals surface area (Å²) in [5.41, 5.74) is 6.52. The van der Waals surface area contributed by atoms with E-state index in [1.54, 1.807) is 24.3 Å². The summed E-state index contributed by atoms with van der Waals surface area (Å²) in [4.78, 5) is 0.0557. The molecule has 0 amide bonds. The van der Waals surface area contributed by atoms with Crippen LogP contribution in [0.4, 0.5) is 11.4 Å². The van der Waals surface area contributed by atoms with E-state index in [2.05, 4.69) is 4.72 Å². The van der Waals surface area contributed by atoms with Gasteiger partial charge in [-0.15, -0.1) is 0 Å². The first-order chi connectivity index (χ1) is 9.42. The minimum Gasteiger partial charge on any atom is -0.495 e. The highest BCUT2D eigenvalue weighted by Gasteiger charge is 2.16. The molecule has 0 radical (unpaired) electrons. The van der Waals surface area contributed by atoms with E-state index in [1.165, 1.54) is 25.3 Å². The molecule has 106 valence electrons. The molecule has 0 aromatic heterocycles. The molecule has 0 aliphatic rings. The van der Waals surface area contributed by atoms with Gasteiger partial charge in [-0.25, -0.2) is 8.42 Å². The zero-order valence-corrected chi connectivity index (χ0v) is 12.2.